The molecule has 1 N–H and O–H groups in total. The van der Waals surface area contributed by atoms with Gasteiger partial charge in [0, 0.05) is 11.6 Å². The highest BCUT2D eigenvalue weighted by molar-refractivity contribution is 5.30. The number of hydrogen-bond donors (Lipinski definition) is 1. The van der Waals surface area contributed by atoms with Gasteiger partial charge in [0.05, 0.1) is 5.60 Å². The van der Waals surface area contributed by atoms with Crippen LogP contribution in [-0.2, 0) is 5.60 Å². The van der Waals surface area contributed by atoms with Gasteiger partial charge >= 0.3 is 0 Å². The van der Waals surface area contributed by atoms with Crippen LogP contribution in [0.15, 0.2) is 18.2 Å². The van der Waals surface area contributed by atoms with Gasteiger partial charge in [0.15, 0.2) is 0 Å². The zero-order chi connectivity index (χ0) is 9.64. The highest BCUT2D eigenvalue weighted by Gasteiger charge is 2.52. The average molecular weight is 184 g/mol. The van der Waals surface area contributed by atoms with E-state index in [-0.39, 0.29) is 11.5 Å². The molecule has 0 amide bonds. The van der Waals surface area contributed by atoms with Gasteiger partial charge in [-0.25, -0.2) is 8.78 Å². The van der Waals surface area contributed by atoms with Crippen molar-refractivity contribution in [3.05, 3.63) is 35.4 Å². The summed E-state index contributed by atoms with van der Waals surface area (Å²) >= 11 is 0. The first-order valence-corrected chi connectivity index (χ1v) is 4.22. The topological polar surface area (TPSA) is 20.2 Å². The molecular weight excluding hydrogens is 174 g/mol. The van der Waals surface area contributed by atoms with Crippen LogP contribution in [-0.4, -0.2) is 5.11 Å². The number of halogens is 2. The molecule has 2 atom stereocenters. The molecule has 0 radical (unpaired) electrons. The van der Waals surface area contributed by atoms with Crippen molar-refractivity contribution in [2.24, 2.45) is 5.92 Å². The largest absolute Gasteiger partial charge is 0.385 e. The van der Waals surface area contributed by atoms with E-state index < -0.39 is 17.2 Å². The molecular formula is C10H10F2O. The van der Waals surface area contributed by atoms with Gasteiger partial charge in [-0.15, -0.1) is 0 Å². The number of aliphatic hydroxyl groups is 1. The van der Waals surface area contributed by atoms with Crippen LogP contribution < -0.4 is 0 Å². The Morgan fingerprint density at radius 2 is 2.08 bits per heavy atom. The van der Waals surface area contributed by atoms with Crippen molar-refractivity contribution in [2.75, 3.05) is 0 Å². The molecule has 1 aliphatic carbocycles. The molecule has 2 unspecified atom stereocenters. The molecule has 0 bridgehead atoms. The molecule has 13 heavy (non-hydrogen) atoms. The summed E-state index contributed by atoms with van der Waals surface area (Å²) in [5.74, 6) is -1.21. The van der Waals surface area contributed by atoms with Gasteiger partial charge in [0.25, 0.3) is 0 Å². The first-order chi connectivity index (χ1) is 6.04. The van der Waals surface area contributed by atoms with Crippen molar-refractivity contribution in [3.8, 4) is 0 Å². The van der Waals surface area contributed by atoms with Crippen LogP contribution in [0.4, 0.5) is 8.78 Å². The molecule has 1 fully saturated rings. The minimum atomic E-state index is -1.06. The fourth-order valence-electron chi connectivity index (χ4n) is 1.62. The first-order valence-electron chi connectivity index (χ1n) is 4.22. The second kappa shape index (κ2) is 2.51. The summed E-state index contributed by atoms with van der Waals surface area (Å²) < 4.78 is 25.7. The molecule has 0 spiro atoms. The predicted octanol–water partition coefficient (Wildman–Crippen LogP) is 2.19. The summed E-state index contributed by atoms with van der Waals surface area (Å²) in [6, 6.07) is 3.29. The lowest BCUT2D eigenvalue weighted by atomic mass is 10.1. The van der Waals surface area contributed by atoms with Gasteiger partial charge in [-0.1, -0.05) is 13.0 Å². The lowest BCUT2D eigenvalue weighted by Gasteiger charge is -2.10. The van der Waals surface area contributed by atoms with Crippen LogP contribution in [0.2, 0.25) is 0 Å². The van der Waals surface area contributed by atoms with Crippen LogP contribution >= 0.6 is 0 Å². The Hall–Kier alpha value is -0.960. The number of benzene rings is 1. The Bertz CT molecular complexity index is 351. The Morgan fingerprint density at radius 1 is 1.46 bits per heavy atom. The lowest BCUT2D eigenvalue weighted by molar-refractivity contribution is 0.130. The summed E-state index contributed by atoms with van der Waals surface area (Å²) in [4.78, 5) is 0. The maximum absolute atomic E-state index is 13.2. The molecule has 2 rings (SSSR count). The summed E-state index contributed by atoms with van der Waals surface area (Å²) in [6.45, 7) is 1.84. The maximum Gasteiger partial charge on any atom is 0.132 e. The van der Waals surface area contributed by atoms with E-state index in [0.717, 1.165) is 6.07 Å². The van der Waals surface area contributed by atoms with Crippen molar-refractivity contribution in [3.63, 3.8) is 0 Å². The van der Waals surface area contributed by atoms with E-state index >= 15 is 0 Å². The Labute approximate surface area is 75.0 Å². The average Bonchev–Trinajstić information content (AvgIpc) is 2.59. The maximum atomic E-state index is 13.2. The van der Waals surface area contributed by atoms with Gasteiger partial charge in [-0.05, 0) is 18.4 Å². The minimum Gasteiger partial charge on any atom is -0.385 e. The molecule has 0 aliphatic heterocycles. The van der Waals surface area contributed by atoms with E-state index in [0.29, 0.717) is 6.42 Å². The highest BCUT2D eigenvalue weighted by atomic mass is 19.1. The molecule has 1 nitrogen and oxygen atoms in total. The molecule has 70 valence electrons. The zero-order valence-corrected chi connectivity index (χ0v) is 7.22. The lowest BCUT2D eigenvalue weighted by Crippen LogP contribution is -2.10. The standard InChI is InChI=1S/C10H10F2O/c1-6-5-10(6,13)8-3-2-7(11)4-9(8)12/h2-4,6,13H,5H2,1H3. The monoisotopic (exact) mass is 184 g/mol. The third-order valence-corrected chi connectivity index (χ3v) is 2.67. The SMILES string of the molecule is CC1CC1(O)c1ccc(F)cc1F. The quantitative estimate of drug-likeness (QED) is 0.709. The van der Waals surface area contributed by atoms with Gasteiger partial charge < -0.3 is 5.11 Å². The second-order valence-electron chi connectivity index (χ2n) is 3.65. The number of hydrogen-bond acceptors (Lipinski definition) is 1. The van der Waals surface area contributed by atoms with Crippen LogP contribution in [0.1, 0.15) is 18.9 Å². The molecule has 1 aromatic rings. The Balaban J connectivity index is 2.42. The second-order valence-corrected chi connectivity index (χ2v) is 3.65. The number of rotatable bonds is 1. The van der Waals surface area contributed by atoms with Gasteiger partial charge in [-0.3, -0.25) is 0 Å². The molecule has 0 aromatic heterocycles. The summed E-state index contributed by atoms with van der Waals surface area (Å²) in [5, 5.41) is 9.78. The van der Waals surface area contributed by atoms with Crippen LogP contribution in [0.5, 0.6) is 0 Å². The highest BCUT2D eigenvalue weighted by Crippen LogP contribution is 2.52. The van der Waals surface area contributed by atoms with Crippen LogP contribution in [0.25, 0.3) is 0 Å². The molecule has 3 heteroatoms. The normalized spacial score (nSPS) is 31.8. The summed E-state index contributed by atoms with van der Waals surface area (Å²) in [6.07, 6.45) is 0.551. The fourth-order valence-corrected chi connectivity index (χ4v) is 1.62. The third kappa shape index (κ3) is 1.23. The van der Waals surface area contributed by atoms with E-state index in [1.165, 1.54) is 12.1 Å². The van der Waals surface area contributed by atoms with Crippen molar-refractivity contribution in [2.45, 2.75) is 18.9 Å². The Morgan fingerprint density at radius 3 is 2.54 bits per heavy atom. The molecule has 1 saturated carbocycles. The molecule has 0 heterocycles. The van der Waals surface area contributed by atoms with E-state index in [2.05, 4.69) is 0 Å². The minimum absolute atomic E-state index is 0.0625. The third-order valence-electron chi connectivity index (χ3n) is 2.67. The van der Waals surface area contributed by atoms with Gasteiger partial charge in [0.1, 0.15) is 11.6 Å². The Kier molecular flexibility index (Phi) is 1.67. The van der Waals surface area contributed by atoms with E-state index in [4.69, 9.17) is 0 Å². The van der Waals surface area contributed by atoms with Crippen molar-refractivity contribution < 1.29 is 13.9 Å². The first kappa shape index (κ1) is 8.63. The van der Waals surface area contributed by atoms with Crippen LogP contribution in [0.3, 0.4) is 0 Å². The summed E-state index contributed by atoms with van der Waals surface area (Å²) in [5.41, 5.74) is -0.848. The summed E-state index contributed by atoms with van der Waals surface area (Å²) in [7, 11) is 0. The van der Waals surface area contributed by atoms with E-state index in [9.17, 15) is 13.9 Å². The zero-order valence-electron chi connectivity index (χ0n) is 7.22. The predicted molar refractivity (Wildman–Crippen MR) is 44.0 cm³/mol. The van der Waals surface area contributed by atoms with E-state index in [1.54, 1.807) is 0 Å². The fraction of sp³-hybridized carbons (Fsp3) is 0.400. The van der Waals surface area contributed by atoms with Gasteiger partial charge in [0.2, 0.25) is 0 Å². The van der Waals surface area contributed by atoms with Gasteiger partial charge in [-0.2, -0.15) is 0 Å². The van der Waals surface area contributed by atoms with E-state index in [1.807, 2.05) is 6.92 Å². The molecule has 1 aromatic carbocycles. The molecule has 1 aliphatic rings. The molecule has 0 saturated heterocycles. The van der Waals surface area contributed by atoms with Crippen LogP contribution in [0, 0.1) is 17.6 Å². The van der Waals surface area contributed by atoms with Crippen molar-refractivity contribution in [1.29, 1.82) is 0 Å². The van der Waals surface area contributed by atoms with Crippen molar-refractivity contribution in [1.82, 2.24) is 0 Å². The van der Waals surface area contributed by atoms with Crippen molar-refractivity contribution >= 4 is 0 Å². The smallest absolute Gasteiger partial charge is 0.132 e.